The molecule has 3 rings (SSSR count). The minimum Gasteiger partial charge on any atom is -0.508 e. The Bertz CT molecular complexity index is 619. The summed E-state index contributed by atoms with van der Waals surface area (Å²) in [6.45, 7) is 17.6. The van der Waals surface area contributed by atoms with Crippen molar-refractivity contribution in [3.63, 3.8) is 0 Å². The Morgan fingerprint density at radius 2 is 1.61 bits per heavy atom. The molecule has 1 saturated carbocycles. The molecule has 1 heterocycles. The van der Waals surface area contributed by atoms with Crippen molar-refractivity contribution in [1.82, 2.24) is 4.90 Å². The maximum absolute atomic E-state index is 10.2. The van der Waals surface area contributed by atoms with Gasteiger partial charge < -0.3 is 10.0 Å². The first-order valence-corrected chi connectivity index (χ1v) is 11.0. The Labute approximate surface area is 178 Å². The maximum Gasteiger partial charge on any atom is 0.117 e. The van der Waals surface area contributed by atoms with Crippen LogP contribution < -0.4 is 4.90 Å². The molecule has 0 amide bonds. The monoisotopic (exact) mass is 408 g/mol. The van der Waals surface area contributed by atoms with Gasteiger partial charge in [-0.15, -0.1) is 12.4 Å². The van der Waals surface area contributed by atoms with Crippen LogP contribution in [0.15, 0.2) is 18.2 Å². The summed E-state index contributed by atoms with van der Waals surface area (Å²) in [7, 11) is 0. The molecular formula is C24H41ClN2O. The molecule has 160 valence electrons. The smallest absolute Gasteiger partial charge is 0.117 e. The number of rotatable bonds is 5. The second-order valence-electron chi connectivity index (χ2n) is 10.5. The Balaban J connectivity index is 0.00000280. The summed E-state index contributed by atoms with van der Waals surface area (Å²) in [5, 5.41) is 10.2. The Hall–Kier alpha value is -0.930. The van der Waals surface area contributed by atoms with Crippen LogP contribution >= 0.6 is 12.4 Å². The van der Waals surface area contributed by atoms with E-state index in [9.17, 15) is 5.11 Å². The quantitative estimate of drug-likeness (QED) is 0.641. The predicted octanol–water partition coefficient (Wildman–Crippen LogP) is 6.06. The van der Waals surface area contributed by atoms with Gasteiger partial charge in [-0.25, -0.2) is 0 Å². The molecule has 4 heteroatoms. The van der Waals surface area contributed by atoms with Gasteiger partial charge in [0.15, 0.2) is 0 Å². The Morgan fingerprint density at radius 1 is 1.00 bits per heavy atom. The van der Waals surface area contributed by atoms with Crippen molar-refractivity contribution in [3.05, 3.63) is 23.8 Å². The molecule has 1 aromatic rings. The van der Waals surface area contributed by atoms with Gasteiger partial charge in [-0.05, 0) is 60.6 Å². The number of benzene rings is 1. The number of phenolic OH excluding ortho intramolecular Hbond substituents is 1. The average molecular weight is 409 g/mol. The summed E-state index contributed by atoms with van der Waals surface area (Å²) >= 11 is 0. The second-order valence-corrected chi connectivity index (χ2v) is 10.5. The van der Waals surface area contributed by atoms with Crippen molar-refractivity contribution in [1.29, 1.82) is 0 Å². The van der Waals surface area contributed by atoms with Gasteiger partial charge in [0.05, 0.1) is 0 Å². The molecule has 1 N–H and O–H groups in total. The van der Waals surface area contributed by atoms with Gasteiger partial charge in [-0.1, -0.05) is 47.1 Å². The van der Waals surface area contributed by atoms with Crippen LogP contribution in [0.4, 0.5) is 5.69 Å². The SMILES string of the molecule is CCCCN1CCN(c2cc(O)ccc2C2CC(C)(C)CC(C)(C)C2)CC1.Cl. The third-order valence-electron chi connectivity index (χ3n) is 6.55. The average Bonchev–Trinajstić information content (AvgIpc) is 2.57. The second kappa shape index (κ2) is 9.26. The highest BCUT2D eigenvalue weighted by Crippen LogP contribution is 2.53. The van der Waals surface area contributed by atoms with Gasteiger partial charge in [0.1, 0.15) is 5.75 Å². The van der Waals surface area contributed by atoms with Crippen LogP contribution in [0.3, 0.4) is 0 Å². The minimum atomic E-state index is 0. The van der Waals surface area contributed by atoms with Gasteiger partial charge in [0, 0.05) is 37.9 Å². The third kappa shape index (κ3) is 5.79. The van der Waals surface area contributed by atoms with Gasteiger partial charge in [0.2, 0.25) is 0 Å². The lowest BCUT2D eigenvalue weighted by atomic mass is 9.60. The fourth-order valence-corrected chi connectivity index (χ4v) is 5.81. The minimum absolute atomic E-state index is 0. The van der Waals surface area contributed by atoms with E-state index in [-0.39, 0.29) is 12.4 Å². The molecule has 0 unspecified atom stereocenters. The van der Waals surface area contributed by atoms with E-state index in [1.54, 1.807) is 0 Å². The molecule has 3 nitrogen and oxygen atoms in total. The highest BCUT2D eigenvalue weighted by Gasteiger charge is 2.40. The van der Waals surface area contributed by atoms with Crippen molar-refractivity contribution < 1.29 is 5.11 Å². The largest absolute Gasteiger partial charge is 0.508 e. The van der Waals surface area contributed by atoms with E-state index < -0.39 is 0 Å². The summed E-state index contributed by atoms with van der Waals surface area (Å²) in [6, 6.07) is 6.12. The van der Waals surface area contributed by atoms with Gasteiger partial charge in [0.25, 0.3) is 0 Å². The molecule has 1 aromatic carbocycles. The van der Waals surface area contributed by atoms with Crippen LogP contribution in [0, 0.1) is 10.8 Å². The first kappa shape index (κ1) is 23.3. The number of unbranched alkanes of at least 4 members (excludes halogenated alkanes) is 1. The fraction of sp³-hybridized carbons (Fsp3) is 0.750. The number of aromatic hydroxyl groups is 1. The number of anilines is 1. The lowest BCUT2D eigenvalue weighted by molar-refractivity contribution is 0.0969. The number of piperazine rings is 1. The van der Waals surface area contributed by atoms with Crippen LogP contribution in [-0.2, 0) is 0 Å². The van der Waals surface area contributed by atoms with E-state index in [4.69, 9.17) is 0 Å². The topological polar surface area (TPSA) is 26.7 Å². The highest BCUT2D eigenvalue weighted by atomic mass is 35.5. The molecule has 0 bridgehead atoms. The molecule has 0 spiro atoms. The standard InChI is InChI=1S/C24H40N2O.ClH/c1-6-7-10-25-11-13-26(14-12-25)22-15-20(27)8-9-21(22)19-16-23(2,3)18-24(4,5)17-19;/h8-9,15,19,27H,6-7,10-14,16-18H2,1-5H3;1H. The van der Waals surface area contributed by atoms with Crippen LogP contribution in [-0.4, -0.2) is 42.7 Å². The maximum atomic E-state index is 10.2. The molecule has 1 aliphatic carbocycles. The zero-order valence-electron chi connectivity index (χ0n) is 18.6. The molecule has 0 atom stereocenters. The van der Waals surface area contributed by atoms with Crippen molar-refractivity contribution in [2.75, 3.05) is 37.6 Å². The highest BCUT2D eigenvalue weighted by molar-refractivity contribution is 5.85. The van der Waals surface area contributed by atoms with E-state index in [1.807, 2.05) is 12.1 Å². The normalized spacial score (nSPS) is 22.7. The Kier molecular flexibility index (Phi) is 7.72. The summed E-state index contributed by atoms with van der Waals surface area (Å²) in [5.41, 5.74) is 3.49. The molecule has 2 fully saturated rings. The summed E-state index contributed by atoms with van der Waals surface area (Å²) < 4.78 is 0. The van der Waals surface area contributed by atoms with Crippen LogP contribution in [0.25, 0.3) is 0 Å². The lowest BCUT2D eigenvalue weighted by Gasteiger charge is -2.46. The molecular weight excluding hydrogens is 368 g/mol. The zero-order chi connectivity index (χ0) is 19.7. The molecule has 28 heavy (non-hydrogen) atoms. The van der Waals surface area contributed by atoms with E-state index in [1.165, 1.54) is 49.9 Å². The number of nitrogens with zero attached hydrogens (tertiary/aromatic N) is 2. The van der Waals surface area contributed by atoms with Crippen LogP contribution in [0.5, 0.6) is 5.75 Å². The van der Waals surface area contributed by atoms with Gasteiger partial charge >= 0.3 is 0 Å². The van der Waals surface area contributed by atoms with Crippen LogP contribution in [0.1, 0.15) is 78.2 Å². The summed E-state index contributed by atoms with van der Waals surface area (Å²) in [4.78, 5) is 5.11. The zero-order valence-corrected chi connectivity index (χ0v) is 19.4. The van der Waals surface area contributed by atoms with E-state index in [2.05, 4.69) is 50.5 Å². The van der Waals surface area contributed by atoms with E-state index in [0.29, 0.717) is 22.5 Å². The lowest BCUT2D eigenvalue weighted by Crippen LogP contribution is -2.47. The molecule has 1 saturated heterocycles. The van der Waals surface area contributed by atoms with Crippen molar-refractivity contribution in [3.8, 4) is 5.75 Å². The molecule has 0 radical (unpaired) electrons. The number of halogens is 1. The predicted molar refractivity (Wildman–Crippen MR) is 123 cm³/mol. The molecule has 1 aliphatic heterocycles. The number of hydrogen-bond acceptors (Lipinski definition) is 3. The summed E-state index contributed by atoms with van der Waals surface area (Å²) in [5.74, 6) is 0.981. The van der Waals surface area contributed by atoms with Crippen LogP contribution in [0.2, 0.25) is 0 Å². The Morgan fingerprint density at radius 3 is 2.18 bits per heavy atom. The fourth-order valence-electron chi connectivity index (χ4n) is 5.81. The van der Waals surface area contributed by atoms with Crippen molar-refractivity contribution in [2.45, 2.75) is 72.6 Å². The first-order chi connectivity index (χ1) is 12.7. The number of hydrogen-bond donors (Lipinski definition) is 1. The summed E-state index contributed by atoms with van der Waals surface area (Å²) in [6.07, 6.45) is 6.34. The van der Waals surface area contributed by atoms with Crippen molar-refractivity contribution in [2.24, 2.45) is 10.8 Å². The van der Waals surface area contributed by atoms with Crippen molar-refractivity contribution >= 4 is 18.1 Å². The van der Waals surface area contributed by atoms with Gasteiger partial charge in [-0.2, -0.15) is 0 Å². The number of phenols is 1. The van der Waals surface area contributed by atoms with E-state index >= 15 is 0 Å². The van der Waals surface area contributed by atoms with Gasteiger partial charge in [-0.3, -0.25) is 4.90 Å². The third-order valence-corrected chi connectivity index (χ3v) is 6.55. The first-order valence-electron chi connectivity index (χ1n) is 11.0. The molecule has 0 aromatic heterocycles. The van der Waals surface area contributed by atoms with E-state index in [0.717, 1.165) is 26.2 Å². The molecule has 2 aliphatic rings.